The predicted molar refractivity (Wildman–Crippen MR) is 77.1 cm³/mol. The van der Waals surface area contributed by atoms with E-state index < -0.39 is 5.60 Å². The highest BCUT2D eigenvalue weighted by Crippen LogP contribution is 2.20. The molecule has 1 aromatic carbocycles. The van der Waals surface area contributed by atoms with Gasteiger partial charge in [0.1, 0.15) is 11.9 Å². The maximum absolute atomic E-state index is 11.7. The number of nitrogens with one attached hydrogen (secondary N) is 1. The van der Waals surface area contributed by atoms with Gasteiger partial charge in [-0.2, -0.15) is 0 Å². The molecule has 0 bridgehead atoms. The lowest BCUT2D eigenvalue weighted by Crippen LogP contribution is -2.59. The van der Waals surface area contributed by atoms with Crippen LogP contribution in [0.4, 0.5) is 4.79 Å². The topological polar surface area (TPSA) is 61.8 Å². The van der Waals surface area contributed by atoms with Gasteiger partial charge >= 0.3 is 6.03 Å². The van der Waals surface area contributed by atoms with E-state index in [9.17, 15) is 9.90 Å². The van der Waals surface area contributed by atoms with Crippen molar-refractivity contribution in [2.45, 2.75) is 25.6 Å². The summed E-state index contributed by atoms with van der Waals surface area (Å²) in [6.07, 6.45) is 0.00376. The summed E-state index contributed by atoms with van der Waals surface area (Å²) < 4.78 is 5.70. The van der Waals surface area contributed by atoms with Crippen LogP contribution in [0.5, 0.6) is 5.75 Å². The normalized spacial score (nSPS) is 15.7. The van der Waals surface area contributed by atoms with Gasteiger partial charge in [-0.15, -0.1) is 0 Å². The van der Waals surface area contributed by atoms with E-state index in [0.717, 1.165) is 5.75 Å². The quantitative estimate of drug-likeness (QED) is 0.892. The third-order valence-electron chi connectivity index (χ3n) is 2.92. The number of carbonyl (C=O) groups is 1. The summed E-state index contributed by atoms with van der Waals surface area (Å²) in [5.41, 5.74) is -0.903. The van der Waals surface area contributed by atoms with Gasteiger partial charge in [0.15, 0.2) is 0 Å². The van der Waals surface area contributed by atoms with Crippen molar-refractivity contribution in [2.24, 2.45) is 0 Å². The number of hydrogen-bond donors (Lipinski definition) is 2. The van der Waals surface area contributed by atoms with Crippen LogP contribution in [0.2, 0.25) is 5.02 Å². The first kappa shape index (κ1) is 14.9. The molecule has 0 saturated carbocycles. The van der Waals surface area contributed by atoms with Crippen molar-refractivity contribution < 1.29 is 14.6 Å². The number of urea groups is 1. The van der Waals surface area contributed by atoms with Crippen LogP contribution in [0.15, 0.2) is 24.3 Å². The molecule has 1 aliphatic rings. The number of halogens is 1. The maximum atomic E-state index is 11.7. The molecule has 6 heteroatoms. The SMILES string of the molecule is CC(C)(O)CNC(=O)N1CC(Oc2ccc(Cl)cc2)C1. The standard InChI is InChI=1S/C14H19ClN2O3/c1-14(2,19)9-16-13(18)17-7-12(8-17)20-11-5-3-10(15)4-6-11/h3-6,12,19H,7-9H2,1-2H3,(H,16,18). The largest absolute Gasteiger partial charge is 0.487 e. The molecule has 0 radical (unpaired) electrons. The predicted octanol–water partition coefficient (Wildman–Crippen LogP) is 1.88. The summed E-state index contributed by atoms with van der Waals surface area (Å²) in [7, 11) is 0. The minimum atomic E-state index is -0.903. The third kappa shape index (κ3) is 4.28. The van der Waals surface area contributed by atoms with E-state index >= 15 is 0 Å². The van der Waals surface area contributed by atoms with E-state index in [0.29, 0.717) is 18.1 Å². The fourth-order valence-corrected chi connectivity index (χ4v) is 1.91. The molecular formula is C14H19ClN2O3. The Bertz CT molecular complexity index is 464. The average Bonchev–Trinajstić information content (AvgIpc) is 2.32. The molecule has 0 atom stereocenters. The fourth-order valence-electron chi connectivity index (χ4n) is 1.79. The van der Waals surface area contributed by atoms with E-state index in [1.165, 1.54) is 0 Å². The number of carbonyl (C=O) groups excluding carboxylic acids is 1. The maximum Gasteiger partial charge on any atom is 0.317 e. The Morgan fingerprint density at radius 1 is 1.45 bits per heavy atom. The molecule has 2 N–H and O–H groups in total. The number of rotatable bonds is 4. The Morgan fingerprint density at radius 2 is 2.05 bits per heavy atom. The van der Waals surface area contributed by atoms with Crippen LogP contribution in [0.1, 0.15) is 13.8 Å². The minimum absolute atomic E-state index is 0.00376. The number of nitrogens with zero attached hydrogens (tertiary/aromatic N) is 1. The van der Waals surface area contributed by atoms with E-state index in [2.05, 4.69) is 5.32 Å². The van der Waals surface area contributed by atoms with Crippen molar-refractivity contribution in [2.75, 3.05) is 19.6 Å². The van der Waals surface area contributed by atoms with Crippen molar-refractivity contribution in [3.8, 4) is 5.75 Å². The highest BCUT2D eigenvalue weighted by Gasteiger charge is 2.32. The van der Waals surface area contributed by atoms with Crippen molar-refractivity contribution in [1.29, 1.82) is 0 Å². The van der Waals surface area contributed by atoms with Crippen molar-refractivity contribution in [1.82, 2.24) is 10.2 Å². The second-order valence-corrected chi connectivity index (χ2v) is 6.01. The zero-order valence-electron chi connectivity index (χ0n) is 11.6. The minimum Gasteiger partial charge on any atom is -0.487 e. The highest BCUT2D eigenvalue weighted by molar-refractivity contribution is 6.30. The lowest BCUT2D eigenvalue weighted by atomic mass is 10.1. The number of hydrogen-bond acceptors (Lipinski definition) is 3. The number of likely N-dealkylation sites (tertiary alicyclic amines) is 1. The van der Waals surface area contributed by atoms with Gasteiger partial charge in [0, 0.05) is 11.6 Å². The summed E-state index contributed by atoms with van der Waals surface area (Å²) in [6, 6.07) is 6.97. The molecular weight excluding hydrogens is 280 g/mol. The summed E-state index contributed by atoms with van der Waals surface area (Å²) in [5.74, 6) is 0.746. The molecule has 20 heavy (non-hydrogen) atoms. The van der Waals surface area contributed by atoms with Gasteiger partial charge in [-0.05, 0) is 38.1 Å². The van der Waals surface area contributed by atoms with Crippen LogP contribution in [0.3, 0.4) is 0 Å². The number of aliphatic hydroxyl groups is 1. The zero-order valence-corrected chi connectivity index (χ0v) is 12.4. The molecule has 0 spiro atoms. The van der Waals surface area contributed by atoms with Gasteiger partial charge in [0.25, 0.3) is 0 Å². The lowest BCUT2D eigenvalue weighted by Gasteiger charge is -2.39. The van der Waals surface area contributed by atoms with Crippen LogP contribution in [0, 0.1) is 0 Å². The van der Waals surface area contributed by atoms with Crippen LogP contribution in [0.25, 0.3) is 0 Å². The average molecular weight is 299 g/mol. The van der Waals surface area contributed by atoms with E-state index in [1.54, 1.807) is 43.0 Å². The zero-order chi connectivity index (χ0) is 14.8. The summed E-state index contributed by atoms with van der Waals surface area (Å²) in [4.78, 5) is 13.4. The van der Waals surface area contributed by atoms with Gasteiger partial charge in [0.2, 0.25) is 0 Å². The highest BCUT2D eigenvalue weighted by atomic mass is 35.5. The van der Waals surface area contributed by atoms with Crippen molar-refractivity contribution in [3.63, 3.8) is 0 Å². The van der Waals surface area contributed by atoms with E-state index in [-0.39, 0.29) is 18.7 Å². The summed E-state index contributed by atoms with van der Waals surface area (Å²) >= 11 is 5.80. The molecule has 1 aromatic rings. The van der Waals surface area contributed by atoms with E-state index in [1.807, 2.05) is 0 Å². The molecule has 1 aliphatic heterocycles. The van der Waals surface area contributed by atoms with Gasteiger partial charge < -0.3 is 20.1 Å². The third-order valence-corrected chi connectivity index (χ3v) is 3.18. The van der Waals surface area contributed by atoms with Crippen LogP contribution in [-0.2, 0) is 0 Å². The van der Waals surface area contributed by atoms with Gasteiger partial charge in [-0.1, -0.05) is 11.6 Å². The Morgan fingerprint density at radius 3 is 2.60 bits per heavy atom. The molecule has 1 fully saturated rings. The molecule has 1 heterocycles. The molecule has 0 aromatic heterocycles. The fraction of sp³-hybridized carbons (Fsp3) is 0.500. The van der Waals surface area contributed by atoms with Crippen LogP contribution in [-0.4, -0.2) is 47.4 Å². The molecule has 110 valence electrons. The second kappa shape index (κ2) is 5.89. The second-order valence-electron chi connectivity index (χ2n) is 5.57. The number of amides is 2. The van der Waals surface area contributed by atoms with Gasteiger partial charge in [-0.25, -0.2) is 4.79 Å². The van der Waals surface area contributed by atoms with E-state index in [4.69, 9.17) is 16.3 Å². The lowest BCUT2D eigenvalue weighted by molar-refractivity contribution is 0.0387. The van der Waals surface area contributed by atoms with Gasteiger partial charge in [0.05, 0.1) is 18.7 Å². The molecule has 5 nitrogen and oxygen atoms in total. The van der Waals surface area contributed by atoms with Crippen molar-refractivity contribution in [3.05, 3.63) is 29.3 Å². The molecule has 2 rings (SSSR count). The first-order chi connectivity index (χ1) is 9.33. The van der Waals surface area contributed by atoms with Crippen molar-refractivity contribution >= 4 is 17.6 Å². The summed E-state index contributed by atoms with van der Waals surface area (Å²) in [6.45, 7) is 4.61. The summed E-state index contributed by atoms with van der Waals surface area (Å²) in [5, 5.41) is 12.9. The molecule has 0 aliphatic carbocycles. The van der Waals surface area contributed by atoms with Crippen LogP contribution >= 0.6 is 11.6 Å². The number of ether oxygens (including phenoxy) is 1. The Hall–Kier alpha value is -1.46. The first-order valence-corrected chi connectivity index (χ1v) is 6.89. The number of benzene rings is 1. The Balaban J connectivity index is 1.71. The monoisotopic (exact) mass is 298 g/mol. The Kier molecular flexibility index (Phi) is 4.40. The molecule has 2 amide bonds. The smallest absolute Gasteiger partial charge is 0.317 e. The molecule has 0 unspecified atom stereocenters. The van der Waals surface area contributed by atoms with Gasteiger partial charge in [-0.3, -0.25) is 0 Å². The molecule has 1 saturated heterocycles. The first-order valence-electron chi connectivity index (χ1n) is 6.51. The van der Waals surface area contributed by atoms with Crippen LogP contribution < -0.4 is 10.1 Å². The Labute approximate surface area is 123 Å².